The van der Waals surface area contributed by atoms with Gasteiger partial charge in [0.15, 0.2) is 0 Å². The van der Waals surface area contributed by atoms with E-state index in [-0.39, 0.29) is 0 Å². The molecule has 0 aliphatic heterocycles. The normalized spacial score (nSPS) is 10.9. The number of aromatic nitrogens is 2. The van der Waals surface area contributed by atoms with Crippen LogP contribution >= 0.6 is 0 Å². The summed E-state index contributed by atoms with van der Waals surface area (Å²) >= 11 is 0. The Balaban J connectivity index is 2.06. The Labute approximate surface area is 115 Å². The molecule has 0 spiro atoms. The zero-order valence-electron chi connectivity index (χ0n) is 12.1. The number of aryl methyl sites for hydroxylation is 1. The van der Waals surface area contributed by atoms with Gasteiger partial charge < -0.3 is 9.88 Å². The number of hydrogen-bond donors (Lipinski definition) is 1. The molecule has 0 bridgehead atoms. The monoisotopic (exact) mass is 257 g/mol. The van der Waals surface area contributed by atoms with Gasteiger partial charge in [-0.25, -0.2) is 4.98 Å². The van der Waals surface area contributed by atoms with Crippen molar-refractivity contribution in [2.75, 3.05) is 5.32 Å². The fourth-order valence-electron chi connectivity index (χ4n) is 2.15. The zero-order valence-corrected chi connectivity index (χ0v) is 12.1. The molecule has 0 aliphatic carbocycles. The van der Waals surface area contributed by atoms with Crippen molar-refractivity contribution >= 4 is 11.6 Å². The smallest absolute Gasteiger partial charge is 0.207 e. The molecule has 1 aromatic heterocycles. The molecular weight excluding hydrogens is 234 g/mol. The second-order valence-electron chi connectivity index (χ2n) is 5.37. The third-order valence-electron chi connectivity index (χ3n) is 3.03. The van der Waals surface area contributed by atoms with Gasteiger partial charge in [-0.2, -0.15) is 0 Å². The lowest BCUT2D eigenvalue weighted by molar-refractivity contribution is 0.527. The van der Waals surface area contributed by atoms with Crippen LogP contribution in [-0.2, 0) is 13.0 Å². The highest BCUT2D eigenvalue weighted by molar-refractivity contribution is 5.54. The first-order valence-corrected chi connectivity index (χ1v) is 7.06. The summed E-state index contributed by atoms with van der Waals surface area (Å²) in [4.78, 5) is 4.38. The molecule has 0 aliphatic rings. The lowest BCUT2D eigenvalue weighted by Gasteiger charge is -2.12. The molecule has 3 heteroatoms. The van der Waals surface area contributed by atoms with Crippen LogP contribution in [0, 0.1) is 5.92 Å². The minimum atomic E-state index is 0.613. The van der Waals surface area contributed by atoms with Gasteiger partial charge in [0.25, 0.3) is 0 Å². The van der Waals surface area contributed by atoms with Crippen molar-refractivity contribution in [1.82, 2.24) is 9.55 Å². The Kier molecular flexibility index (Phi) is 4.61. The number of hydrogen-bond acceptors (Lipinski definition) is 2. The lowest BCUT2D eigenvalue weighted by atomic mass is 10.1. The number of imidazole rings is 1. The number of benzene rings is 1. The number of anilines is 2. The van der Waals surface area contributed by atoms with E-state index in [1.54, 1.807) is 0 Å². The minimum absolute atomic E-state index is 0.613. The van der Waals surface area contributed by atoms with Crippen LogP contribution in [0.3, 0.4) is 0 Å². The molecular formula is C16H23N3. The summed E-state index contributed by atoms with van der Waals surface area (Å²) in [6.07, 6.45) is 6.19. The summed E-state index contributed by atoms with van der Waals surface area (Å²) in [5.74, 6) is 1.53. The maximum atomic E-state index is 4.38. The third kappa shape index (κ3) is 3.85. The SMILES string of the molecule is CCCc1ccc(Nc2nccn2CC(C)C)cc1. The quantitative estimate of drug-likeness (QED) is 0.839. The molecule has 19 heavy (non-hydrogen) atoms. The average molecular weight is 257 g/mol. The van der Waals surface area contributed by atoms with Crippen LogP contribution in [0.4, 0.5) is 11.6 Å². The molecule has 2 aromatic rings. The molecule has 0 fully saturated rings. The largest absolute Gasteiger partial charge is 0.326 e. The number of nitrogens with zero attached hydrogens (tertiary/aromatic N) is 2. The molecule has 102 valence electrons. The van der Waals surface area contributed by atoms with Gasteiger partial charge in [0, 0.05) is 24.6 Å². The predicted octanol–water partition coefficient (Wildman–Crippen LogP) is 4.24. The van der Waals surface area contributed by atoms with E-state index in [4.69, 9.17) is 0 Å². The van der Waals surface area contributed by atoms with Crippen molar-refractivity contribution in [2.24, 2.45) is 5.92 Å². The Morgan fingerprint density at radius 1 is 1.21 bits per heavy atom. The van der Waals surface area contributed by atoms with E-state index in [0.29, 0.717) is 5.92 Å². The van der Waals surface area contributed by atoms with E-state index >= 15 is 0 Å². The van der Waals surface area contributed by atoms with Crippen molar-refractivity contribution < 1.29 is 0 Å². The highest BCUT2D eigenvalue weighted by Gasteiger charge is 2.04. The van der Waals surface area contributed by atoms with Crippen molar-refractivity contribution in [3.05, 3.63) is 42.2 Å². The zero-order chi connectivity index (χ0) is 13.7. The van der Waals surface area contributed by atoms with E-state index < -0.39 is 0 Å². The summed E-state index contributed by atoms with van der Waals surface area (Å²) in [5, 5.41) is 3.38. The van der Waals surface area contributed by atoms with Gasteiger partial charge in [-0.3, -0.25) is 0 Å². The Morgan fingerprint density at radius 2 is 1.95 bits per heavy atom. The highest BCUT2D eigenvalue weighted by atomic mass is 15.2. The molecule has 1 aromatic carbocycles. The van der Waals surface area contributed by atoms with Gasteiger partial charge in [-0.1, -0.05) is 39.3 Å². The molecule has 0 saturated heterocycles. The number of rotatable bonds is 6. The van der Waals surface area contributed by atoms with Crippen LogP contribution in [0.2, 0.25) is 0 Å². The van der Waals surface area contributed by atoms with Crippen LogP contribution in [0.1, 0.15) is 32.8 Å². The lowest BCUT2D eigenvalue weighted by Crippen LogP contribution is -2.07. The molecule has 0 atom stereocenters. The van der Waals surface area contributed by atoms with Crippen molar-refractivity contribution in [2.45, 2.75) is 40.2 Å². The van der Waals surface area contributed by atoms with E-state index in [1.807, 2.05) is 12.4 Å². The van der Waals surface area contributed by atoms with E-state index in [9.17, 15) is 0 Å². The maximum Gasteiger partial charge on any atom is 0.207 e. The topological polar surface area (TPSA) is 29.9 Å². The van der Waals surface area contributed by atoms with E-state index in [2.05, 4.69) is 59.9 Å². The summed E-state index contributed by atoms with van der Waals surface area (Å²) in [5.41, 5.74) is 2.48. The van der Waals surface area contributed by atoms with Crippen LogP contribution < -0.4 is 5.32 Å². The van der Waals surface area contributed by atoms with E-state index in [1.165, 1.54) is 12.0 Å². The molecule has 0 radical (unpaired) electrons. The third-order valence-corrected chi connectivity index (χ3v) is 3.03. The van der Waals surface area contributed by atoms with Crippen LogP contribution in [0.15, 0.2) is 36.7 Å². The van der Waals surface area contributed by atoms with Gasteiger partial charge in [-0.15, -0.1) is 0 Å². The van der Waals surface area contributed by atoms with Gasteiger partial charge in [0.05, 0.1) is 0 Å². The summed E-state index contributed by atoms with van der Waals surface area (Å²) in [7, 11) is 0. The van der Waals surface area contributed by atoms with Crippen molar-refractivity contribution in [3.63, 3.8) is 0 Å². The summed E-state index contributed by atoms with van der Waals surface area (Å²) in [6, 6.07) is 8.61. The standard InChI is InChI=1S/C16H23N3/c1-4-5-14-6-8-15(9-7-14)18-16-17-10-11-19(16)12-13(2)3/h6-11,13H,4-5,12H2,1-3H3,(H,17,18). The van der Waals surface area contributed by atoms with Crippen LogP contribution in [0.5, 0.6) is 0 Å². The van der Waals surface area contributed by atoms with Gasteiger partial charge in [0.2, 0.25) is 5.95 Å². The molecule has 1 N–H and O–H groups in total. The van der Waals surface area contributed by atoms with Gasteiger partial charge in [0.1, 0.15) is 0 Å². The summed E-state index contributed by atoms with van der Waals surface area (Å²) < 4.78 is 2.16. The average Bonchev–Trinajstić information content (AvgIpc) is 2.79. The first kappa shape index (κ1) is 13.7. The Hall–Kier alpha value is -1.77. The second kappa shape index (κ2) is 6.41. The Morgan fingerprint density at radius 3 is 2.58 bits per heavy atom. The molecule has 2 rings (SSSR count). The van der Waals surface area contributed by atoms with E-state index in [0.717, 1.165) is 24.6 Å². The predicted molar refractivity (Wildman–Crippen MR) is 80.8 cm³/mol. The molecule has 0 unspecified atom stereocenters. The molecule has 1 heterocycles. The fraction of sp³-hybridized carbons (Fsp3) is 0.438. The molecule has 3 nitrogen and oxygen atoms in total. The number of nitrogens with one attached hydrogen (secondary N) is 1. The van der Waals surface area contributed by atoms with Crippen molar-refractivity contribution in [3.8, 4) is 0 Å². The Bertz CT molecular complexity index is 497. The second-order valence-corrected chi connectivity index (χ2v) is 5.37. The first-order valence-electron chi connectivity index (χ1n) is 7.06. The fourth-order valence-corrected chi connectivity index (χ4v) is 2.15. The molecule has 0 amide bonds. The van der Waals surface area contributed by atoms with Crippen LogP contribution in [-0.4, -0.2) is 9.55 Å². The molecule has 0 saturated carbocycles. The maximum absolute atomic E-state index is 4.38. The summed E-state index contributed by atoms with van der Waals surface area (Å²) in [6.45, 7) is 7.61. The minimum Gasteiger partial charge on any atom is -0.326 e. The van der Waals surface area contributed by atoms with Crippen molar-refractivity contribution in [1.29, 1.82) is 0 Å². The first-order chi connectivity index (χ1) is 9.19. The highest BCUT2D eigenvalue weighted by Crippen LogP contribution is 2.17. The van der Waals surface area contributed by atoms with Gasteiger partial charge >= 0.3 is 0 Å². The van der Waals surface area contributed by atoms with Crippen LogP contribution in [0.25, 0.3) is 0 Å². The van der Waals surface area contributed by atoms with Gasteiger partial charge in [-0.05, 0) is 30.0 Å².